The number of hydrogen-bond acceptors (Lipinski definition) is 11. The van der Waals surface area contributed by atoms with Gasteiger partial charge in [-0.05, 0) is 122 Å². The second-order valence-corrected chi connectivity index (χ2v) is 21.6. The molecule has 4 fully saturated rings. The third-order valence-corrected chi connectivity index (χ3v) is 17.6. The number of benzene rings is 2. The summed E-state index contributed by atoms with van der Waals surface area (Å²) in [7, 11) is 1.41. The Hall–Kier alpha value is -4.77. The van der Waals surface area contributed by atoms with Crippen LogP contribution in [0.25, 0.3) is 0 Å². The molecule has 11 nitrogen and oxygen atoms in total. The first-order chi connectivity index (χ1) is 30.2. The summed E-state index contributed by atoms with van der Waals surface area (Å²) in [6, 6.07) is 19.8. The average molecular weight is 879 g/mol. The second kappa shape index (κ2) is 16.6. The van der Waals surface area contributed by atoms with Crippen LogP contribution in [0, 0.1) is 50.2 Å². The molecule has 1 heterocycles. The van der Waals surface area contributed by atoms with Crippen molar-refractivity contribution >= 4 is 23.7 Å². The van der Waals surface area contributed by atoms with Gasteiger partial charge in [0, 0.05) is 18.9 Å². The molecule has 11 heteroatoms. The van der Waals surface area contributed by atoms with Crippen molar-refractivity contribution in [2.24, 2.45) is 50.2 Å². The van der Waals surface area contributed by atoms with E-state index in [0.717, 1.165) is 36.0 Å². The van der Waals surface area contributed by atoms with E-state index >= 15 is 4.79 Å². The predicted molar refractivity (Wildman–Crippen MR) is 237 cm³/mol. The molecule has 64 heavy (non-hydrogen) atoms. The molecule has 0 N–H and O–H groups in total. The summed E-state index contributed by atoms with van der Waals surface area (Å²) in [4.78, 5) is 69.9. The van der Waals surface area contributed by atoms with Gasteiger partial charge in [0.25, 0.3) is 0 Å². The third-order valence-electron chi connectivity index (χ3n) is 17.6. The second-order valence-electron chi connectivity index (χ2n) is 21.6. The van der Waals surface area contributed by atoms with Crippen molar-refractivity contribution in [3.63, 3.8) is 0 Å². The molecular weight excluding hydrogens is 813 g/mol. The van der Waals surface area contributed by atoms with Gasteiger partial charge in [-0.3, -0.25) is 14.4 Å². The van der Waals surface area contributed by atoms with Gasteiger partial charge >= 0.3 is 23.7 Å². The molecule has 0 aliphatic heterocycles. The predicted octanol–water partition coefficient (Wildman–Crippen LogP) is 10.3. The average Bonchev–Trinajstić information content (AvgIpc) is 3.65. The molecule has 0 spiro atoms. The van der Waals surface area contributed by atoms with Crippen LogP contribution >= 0.6 is 0 Å². The minimum Gasteiger partial charge on any atom is -0.459 e. The van der Waals surface area contributed by atoms with Crippen LogP contribution in [-0.4, -0.2) is 43.5 Å². The van der Waals surface area contributed by atoms with Gasteiger partial charge in [-0.25, -0.2) is 9.59 Å². The van der Waals surface area contributed by atoms with Gasteiger partial charge in [-0.15, -0.1) is 0 Å². The minimum atomic E-state index is -1.35. The third kappa shape index (κ3) is 7.32. The summed E-state index contributed by atoms with van der Waals surface area (Å²) in [5, 5.41) is 0. The summed E-state index contributed by atoms with van der Waals surface area (Å²) < 4.78 is 34.3. The van der Waals surface area contributed by atoms with Gasteiger partial charge < -0.3 is 27.8 Å². The van der Waals surface area contributed by atoms with Crippen molar-refractivity contribution in [3.05, 3.63) is 106 Å². The molecule has 10 atom stereocenters. The lowest BCUT2D eigenvalue weighted by molar-refractivity contribution is -0.225. The smallest absolute Gasteiger partial charge is 0.459 e. The maximum Gasteiger partial charge on any atom is 0.519 e. The standard InChI is InChI=1S/C53H66O11/c1-32(2)42-38(61-47(58)64-42)30-60-46(57)53(8)39-20-23-52(7)44(50(39,5)22-21-40(53)62-41(55)31-59-9)37(54)28-35-36-29-49(4,25-24-48(36,3)26-27-51(35,52)6)45(56)63-43(33-16-12-10-13-17-33)34-18-14-11-15-19-34/h10-19,28,32,36,39-40,43-44H,20-27,29-31H2,1-9H3/t36-,39+,40-,44+,48+,49-,50-,51+,52+,53-/m0/s1. The van der Waals surface area contributed by atoms with Crippen molar-refractivity contribution in [1.82, 2.24) is 0 Å². The highest BCUT2D eigenvalue weighted by molar-refractivity contribution is 5.96. The number of ketones is 1. The largest absolute Gasteiger partial charge is 0.519 e. The Labute approximate surface area is 377 Å². The van der Waals surface area contributed by atoms with Gasteiger partial charge in [-0.2, -0.15) is 0 Å². The van der Waals surface area contributed by atoms with E-state index in [2.05, 4.69) is 34.6 Å². The molecule has 8 rings (SSSR count). The molecule has 0 unspecified atom stereocenters. The Kier molecular flexibility index (Phi) is 11.9. The summed E-state index contributed by atoms with van der Waals surface area (Å²) in [6.07, 6.45) is 6.70. The summed E-state index contributed by atoms with van der Waals surface area (Å²) in [6.45, 7) is 16.1. The zero-order valence-corrected chi connectivity index (χ0v) is 39.1. The Morgan fingerprint density at radius 1 is 0.781 bits per heavy atom. The number of allylic oxidation sites excluding steroid dienone is 2. The molecular formula is C53H66O11. The highest BCUT2D eigenvalue weighted by atomic mass is 16.6. The zero-order chi connectivity index (χ0) is 46.0. The summed E-state index contributed by atoms with van der Waals surface area (Å²) in [5.74, 6) is -2.80. The highest BCUT2D eigenvalue weighted by Gasteiger charge is 2.72. The van der Waals surface area contributed by atoms with Crippen LogP contribution in [0.3, 0.4) is 0 Å². The maximum atomic E-state index is 15.3. The fraction of sp³-hybridized carbons (Fsp3) is 0.604. The van der Waals surface area contributed by atoms with E-state index in [1.165, 1.54) is 7.11 Å². The summed E-state index contributed by atoms with van der Waals surface area (Å²) >= 11 is 0. The van der Waals surface area contributed by atoms with Crippen LogP contribution in [-0.2, 0) is 44.7 Å². The lowest BCUT2D eigenvalue weighted by Gasteiger charge is -2.70. The first-order valence-corrected chi connectivity index (χ1v) is 23.3. The van der Waals surface area contributed by atoms with Crippen molar-refractivity contribution in [2.45, 2.75) is 138 Å². The van der Waals surface area contributed by atoms with Crippen molar-refractivity contribution in [2.75, 3.05) is 13.7 Å². The fourth-order valence-electron chi connectivity index (χ4n) is 13.8. The number of rotatable bonds is 11. The molecule has 5 aliphatic rings. The van der Waals surface area contributed by atoms with Crippen LogP contribution in [0.2, 0.25) is 0 Å². The number of ether oxygens (including phenoxy) is 4. The molecule has 0 amide bonds. The van der Waals surface area contributed by atoms with E-state index in [4.69, 9.17) is 27.8 Å². The first-order valence-electron chi connectivity index (χ1n) is 23.3. The van der Waals surface area contributed by atoms with Crippen LogP contribution < -0.4 is 5.82 Å². The number of esters is 3. The van der Waals surface area contributed by atoms with Gasteiger partial charge in [0.05, 0.1) is 5.41 Å². The minimum absolute atomic E-state index is 0.00779. The highest BCUT2D eigenvalue weighted by Crippen LogP contribution is 2.75. The lowest BCUT2D eigenvalue weighted by Crippen LogP contribution is -2.68. The molecule has 0 radical (unpaired) electrons. The van der Waals surface area contributed by atoms with Crippen LogP contribution in [0.15, 0.2) is 85.9 Å². The van der Waals surface area contributed by atoms with E-state index in [-0.39, 0.29) is 53.4 Å². The van der Waals surface area contributed by atoms with E-state index in [9.17, 15) is 19.2 Å². The lowest BCUT2D eigenvalue weighted by atomic mass is 9.33. The molecule has 5 aliphatic carbocycles. The monoisotopic (exact) mass is 878 g/mol. The number of carbonyl (C=O) groups excluding carboxylic acids is 4. The number of methoxy groups -OCH3 is 1. The van der Waals surface area contributed by atoms with E-state index in [1.54, 1.807) is 0 Å². The molecule has 3 aromatic rings. The number of carbonyl (C=O) groups is 4. The quantitative estimate of drug-likeness (QED) is 0.134. The van der Waals surface area contributed by atoms with Crippen LogP contribution in [0.5, 0.6) is 0 Å². The normalized spacial score (nSPS) is 35.6. The molecule has 0 bridgehead atoms. The SMILES string of the molecule is COCC(=O)O[C@H]1CC[C@@]2(C)[C@@H](CC[C@]3(C)[C@@H]2C(=O)C=C2[C@@H]4C[C@@](C)(C(=O)OC(c5ccccc5)c5ccccc5)CC[C@]4(C)CC[C@]23C)[C@]1(C)C(=O)OCc1oc(=O)oc1C(C)C. The van der Waals surface area contributed by atoms with Gasteiger partial charge in [-0.1, -0.05) is 108 Å². The number of fused-ring (bicyclic) bond motifs is 7. The van der Waals surface area contributed by atoms with Gasteiger partial charge in [0.1, 0.15) is 18.1 Å². The van der Waals surface area contributed by atoms with Gasteiger partial charge in [0.2, 0.25) is 0 Å². The van der Waals surface area contributed by atoms with Gasteiger partial charge in [0.15, 0.2) is 30.0 Å². The zero-order valence-electron chi connectivity index (χ0n) is 39.1. The number of hydrogen-bond donors (Lipinski definition) is 0. The molecule has 344 valence electrons. The van der Waals surface area contributed by atoms with Crippen molar-refractivity contribution in [3.8, 4) is 0 Å². The Bertz CT molecular complexity index is 2320. The fourth-order valence-corrected chi connectivity index (χ4v) is 13.8. The first kappa shape index (κ1) is 45.8. The van der Waals surface area contributed by atoms with E-state index in [1.807, 2.05) is 87.5 Å². The molecule has 0 saturated heterocycles. The van der Waals surface area contributed by atoms with Crippen LogP contribution in [0.4, 0.5) is 0 Å². The Morgan fingerprint density at radius 2 is 1.42 bits per heavy atom. The maximum absolute atomic E-state index is 15.3. The van der Waals surface area contributed by atoms with Crippen LogP contribution in [0.1, 0.15) is 148 Å². The van der Waals surface area contributed by atoms with E-state index < -0.39 is 63.5 Å². The van der Waals surface area contributed by atoms with Crippen molar-refractivity contribution in [1.29, 1.82) is 0 Å². The molecule has 1 aromatic heterocycles. The van der Waals surface area contributed by atoms with Crippen molar-refractivity contribution < 1.29 is 47.0 Å². The molecule has 2 aromatic carbocycles. The summed E-state index contributed by atoms with van der Waals surface area (Å²) in [5.41, 5.74) is -0.746. The topological polar surface area (TPSA) is 149 Å². The Balaban J connectivity index is 1.11. The Morgan fingerprint density at radius 3 is 2.05 bits per heavy atom. The van der Waals surface area contributed by atoms with E-state index in [0.29, 0.717) is 44.3 Å². The molecule has 4 saturated carbocycles.